The Balaban J connectivity index is 4.51. The Kier molecular flexibility index (Phi) is 7.50. The quantitative estimate of drug-likeness (QED) is 0.672. The molecule has 0 aliphatic carbocycles. The van der Waals surface area contributed by atoms with Gasteiger partial charge >= 0.3 is 12.0 Å². The molecule has 0 bridgehead atoms. The molecule has 0 atom stereocenters. The van der Waals surface area contributed by atoms with E-state index in [1.807, 2.05) is 0 Å². The van der Waals surface area contributed by atoms with Crippen molar-refractivity contribution in [3.05, 3.63) is 0 Å². The van der Waals surface area contributed by atoms with Gasteiger partial charge in [-0.25, -0.2) is 4.79 Å². The van der Waals surface area contributed by atoms with Gasteiger partial charge in [0.05, 0.1) is 6.42 Å². The predicted octanol–water partition coefficient (Wildman–Crippen LogP) is -0.0291. The third kappa shape index (κ3) is 5.51. The Morgan fingerprint density at radius 2 is 1.67 bits per heavy atom. The molecule has 0 saturated heterocycles. The van der Waals surface area contributed by atoms with Gasteiger partial charge < -0.3 is 20.2 Å². The van der Waals surface area contributed by atoms with Gasteiger partial charge in [0.15, 0.2) is 0 Å². The van der Waals surface area contributed by atoms with Crippen molar-refractivity contribution in [1.29, 1.82) is 0 Å². The maximum Gasteiger partial charge on any atom is 0.320 e. The van der Waals surface area contributed by atoms with Crippen LogP contribution in [0.3, 0.4) is 0 Å². The standard InChI is InChI=1S/C11H21N3O4/c1-4-13(7-6-10(16)17)11(18)14(5-2)8-9(15)12-3/h4-8H2,1-3H3,(H,12,15)(H,16,17). The van der Waals surface area contributed by atoms with E-state index in [4.69, 9.17) is 5.11 Å². The molecule has 0 rings (SSSR count). The molecule has 0 aliphatic rings. The molecular weight excluding hydrogens is 238 g/mol. The highest BCUT2D eigenvalue weighted by molar-refractivity contribution is 5.84. The van der Waals surface area contributed by atoms with Crippen LogP contribution < -0.4 is 5.32 Å². The number of urea groups is 1. The number of likely N-dealkylation sites (N-methyl/N-ethyl adjacent to an activating group) is 2. The lowest BCUT2D eigenvalue weighted by atomic mass is 10.3. The zero-order chi connectivity index (χ0) is 14.1. The number of nitrogens with one attached hydrogen (secondary N) is 1. The van der Waals surface area contributed by atoms with Crippen molar-refractivity contribution in [2.24, 2.45) is 0 Å². The van der Waals surface area contributed by atoms with Gasteiger partial charge in [-0.15, -0.1) is 0 Å². The number of carboxylic acids is 1. The van der Waals surface area contributed by atoms with E-state index in [-0.39, 0.29) is 31.4 Å². The topological polar surface area (TPSA) is 90.0 Å². The fourth-order valence-electron chi connectivity index (χ4n) is 1.39. The highest BCUT2D eigenvalue weighted by Gasteiger charge is 2.20. The number of amides is 3. The largest absolute Gasteiger partial charge is 0.481 e. The number of carbonyl (C=O) groups excluding carboxylic acids is 2. The van der Waals surface area contributed by atoms with Crippen LogP contribution in [0.25, 0.3) is 0 Å². The summed E-state index contributed by atoms with van der Waals surface area (Å²) >= 11 is 0. The van der Waals surface area contributed by atoms with Gasteiger partial charge in [-0.2, -0.15) is 0 Å². The van der Waals surface area contributed by atoms with Crippen molar-refractivity contribution < 1.29 is 19.5 Å². The molecule has 0 aromatic heterocycles. The van der Waals surface area contributed by atoms with Crippen LogP contribution in [-0.4, -0.2) is 66.0 Å². The van der Waals surface area contributed by atoms with Gasteiger partial charge in [-0.05, 0) is 13.8 Å². The molecule has 0 aromatic rings. The van der Waals surface area contributed by atoms with Crippen LogP contribution in [0.4, 0.5) is 4.79 Å². The molecule has 7 heteroatoms. The van der Waals surface area contributed by atoms with Gasteiger partial charge in [-0.3, -0.25) is 9.59 Å². The molecule has 2 N–H and O–H groups in total. The smallest absolute Gasteiger partial charge is 0.320 e. The summed E-state index contributed by atoms with van der Waals surface area (Å²) in [5.74, 6) is -1.20. The lowest BCUT2D eigenvalue weighted by Gasteiger charge is -2.28. The number of carbonyl (C=O) groups is 3. The SMILES string of the molecule is CCN(CCC(=O)O)C(=O)N(CC)CC(=O)NC. The third-order valence-electron chi connectivity index (χ3n) is 2.51. The van der Waals surface area contributed by atoms with E-state index in [0.717, 1.165) is 0 Å². The van der Waals surface area contributed by atoms with Gasteiger partial charge in [-0.1, -0.05) is 0 Å². The van der Waals surface area contributed by atoms with Crippen molar-refractivity contribution in [2.75, 3.05) is 33.2 Å². The summed E-state index contributed by atoms with van der Waals surface area (Å²) in [5, 5.41) is 11.0. The Hall–Kier alpha value is -1.79. The number of hydrogen-bond acceptors (Lipinski definition) is 3. The zero-order valence-corrected chi connectivity index (χ0v) is 11.1. The molecule has 0 unspecified atom stereocenters. The number of carboxylic acid groups (broad SMARTS) is 1. The molecule has 0 radical (unpaired) electrons. The molecule has 0 aliphatic heterocycles. The molecule has 0 spiro atoms. The molecule has 18 heavy (non-hydrogen) atoms. The van der Waals surface area contributed by atoms with Crippen LogP contribution in [0.15, 0.2) is 0 Å². The lowest BCUT2D eigenvalue weighted by Crippen LogP contribution is -2.47. The van der Waals surface area contributed by atoms with E-state index in [9.17, 15) is 14.4 Å². The first kappa shape index (κ1) is 16.2. The average molecular weight is 259 g/mol. The Labute approximate surface area is 107 Å². The fourth-order valence-corrected chi connectivity index (χ4v) is 1.39. The molecule has 7 nitrogen and oxygen atoms in total. The first-order valence-electron chi connectivity index (χ1n) is 5.92. The van der Waals surface area contributed by atoms with Crippen molar-refractivity contribution in [2.45, 2.75) is 20.3 Å². The zero-order valence-electron chi connectivity index (χ0n) is 11.1. The predicted molar refractivity (Wildman–Crippen MR) is 66.2 cm³/mol. The number of nitrogens with zero attached hydrogens (tertiary/aromatic N) is 2. The van der Waals surface area contributed by atoms with Gasteiger partial charge in [0.1, 0.15) is 6.54 Å². The molecule has 104 valence electrons. The monoisotopic (exact) mass is 259 g/mol. The van der Waals surface area contributed by atoms with Crippen molar-refractivity contribution in [3.63, 3.8) is 0 Å². The normalized spacial score (nSPS) is 9.72. The second kappa shape index (κ2) is 8.32. The Bertz CT molecular complexity index is 307. The van der Waals surface area contributed by atoms with Crippen molar-refractivity contribution >= 4 is 17.9 Å². The summed E-state index contributed by atoms with van der Waals surface area (Å²) in [7, 11) is 1.50. The second-order valence-corrected chi connectivity index (χ2v) is 3.69. The van der Waals surface area contributed by atoms with Gasteiger partial charge in [0.25, 0.3) is 0 Å². The van der Waals surface area contributed by atoms with Gasteiger partial charge in [0, 0.05) is 26.7 Å². The summed E-state index contributed by atoms with van der Waals surface area (Å²) < 4.78 is 0. The minimum absolute atomic E-state index is 0.0184. The maximum atomic E-state index is 12.0. The molecule has 0 aromatic carbocycles. The Morgan fingerprint density at radius 3 is 2.06 bits per heavy atom. The summed E-state index contributed by atoms with van der Waals surface area (Å²) in [6, 6.07) is -0.315. The first-order valence-corrected chi connectivity index (χ1v) is 5.92. The lowest BCUT2D eigenvalue weighted by molar-refractivity contribution is -0.137. The highest BCUT2D eigenvalue weighted by Crippen LogP contribution is 2.00. The minimum Gasteiger partial charge on any atom is -0.481 e. The van der Waals surface area contributed by atoms with Gasteiger partial charge in [0.2, 0.25) is 5.91 Å². The Morgan fingerprint density at radius 1 is 1.11 bits per heavy atom. The molecule has 0 fully saturated rings. The minimum atomic E-state index is -0.949. The third-order valence-corrected chi connectivity index (χ3v) is 2.51. The molecule has 0 heterocycles. The van der Waals surface area contributed by atoms with E-state index >= 15 is 0 Å². The van der Waals surface area contributed by atoms with E-state index < -0.39 is 5.97 Å². The van der Waals surface area contributed by atoms with Crippen LogP contribution in [-0.2, 0) is 9.59 Å². The summed E-state index contributed by atoms with van der Waals surface area (Å²) in [4.78, 5) is 36.6. The summed E-state index contributed by atoms with van der Waals surface area (Å²) in [6.07, 6.45) is -0.100. The summed E-state index contributed by atoms with van der Waals surface area (Å²) in [5.41, 5.74) is 0. The number of aliphatic carboxylic acids is 1. The second-order valence-electron chi connectivity index (χ2n) is 3.69. The maximum absolute atomic E-state index is 12.0. The van der Waals surface area contributed by atoms with Crippen LogP contribution in [0.5, 0.6) is 0 Å². The van der Waals surface area contributed by atoms with E-state index in [0.29, 0.717) is 13.1 Å². The molecular formula is C11H21N3O4. The first-order chi connectivity index (χ1) is 8.46. The van der Waals surface area contributed by atoms with Crippen LogP contribution in [0, 0.1) is 0 Å². The van der Waals surface area contributed by atoms with E-state index in [2.05, 4.69) is 5.32 Å². The van der Waals surface area contributed by atoms with Crippen LogP contribution in [0.2, 0.25) is 0 Å². The van der Waals surface area contributed by atoms with Crippen LogP contribution in [0.1, 0.15) is 20.3 Å². The fraction of sp³-hybridized carbons (Fsp3) is 0.727. The molecule has 0 saturated carbocycles. The number of rotatable bonds is 7. The number of hydrogen-bond donors (Lipinski definition) is 2. The molecule has 3 amide bonds. The van der Waals surface area contributed by atoms with E-state index in [1.165, 1.54) is 16.8 Å². The van der Waals surface area contributed by atoms with Crippen molar-refractivity contribution in [1.82, 2.24) is 15.1 Å². The van der Waals surface area contributed by atoms with Crippen LogP contribution >= 0.6 is 0 Å². The van der Waals surface area contributed by atoms with E-state index in [1.54, 1.807) is 13.8 Å². The highest BCUT2D eigenvalue weighted by atomic mass is 16.4. The average Bonchev–Trinajstić information content (AvgIpc) is 2.35. The van der Waals surface area contributed by atoms with Crippen molar-refractivity contribution in [3.8, 4) is 0 Å². The summed E-state index contributed by atoms with van der Waals surface area (Å²) in [6.45, 7) is 4.48.